The summed E-state index contributed by atoms with van der Waals surface area (Å²) < 4.78 is 101. The molecule has 0 bridgehead atoms. The maximum atomic E-state index is 15.1. The van der Waals surface area contributed by atoms with Gasteiger partial charge in [0.05, 0.1) is 40.0 Å². The number of carbonyl (C=O) groups excluding carboxylic acids is 10. The summed E-state index contributed by atoms with van der Waals surface area (Å²) in [7, 11) is 0. The zero-order valence-electron chi connectivity index (χ0n) is 54.8. The van der Waals surface area contributed by atoms with Gasteiger partial charge in [-0.2, -0.15) is 0 Å². The first kappa shape index (κ1) is 72.7. The van der Waals surface area contributed by atoms with Crippen molar-refractivity contribution in [2.24, 2.45) is 0 Å². The SMILES string of the molecule is CC(=O)OC[C@H]1O[C@@H](O[C@H]2[C@H](OC(=O)c3ccccc3)[C@H](OC(=O)c3ccccc3)[C@H](O[C@H]3[C@H](OC(=O)c4ccccc4)[C@H](OC(=O)c4ccccc4)[C@H](OCc4ccccc4)O[C@@H]3COC(=O)c3ccccc3)O[C@@H]2COC(=O)c2ccccc2)[C@H](OC(C)=O)[C@@H](OC(C)=O)[C@@H]1OC(C)=O. The van der Waals surface area contributed by atoms with E-state index in [2.05, 4.69) is 0 Å². The minimum Gasteiger partial charge on any atom is -0.463 e. The Bertz CT molecular complexity index is 3940. The maximum Gasteiger partial charge on any atom is 0.338 e. The van der Waals surface area contributed by atoms with Crippen LogP contribution in [0.2, 0.25) is 0 Å². The normalized spacial score (nSPS) is 24.5. The summed E-state index contributed by atoms with van der Waals surface area (Å²) in [5.74, 6) is -10.0. The van der Waals surface area contributed by atoms with Crippen molar-refractivity contribution < 1.29 is 124 Å². The van der Waals surface area contributed by atoms with Crippen molar-refractivity contribution >= 4 is 59.7 Å². The van der Waals surface area contributed by atoms with Crippen LogP contribution < -0.4 is 0 Å². The molecule has 3 saturated heterocycles. The molecule has 101 heavy (non-hydrogen) atoms. The van der Waals surface area contributed by atoms with Gasteiger partial charge in [0.1, 0.15) is 50.3 Å². The zero-order valence-corrected chi connectivity index (χ0v) is 54.8. The lowest BCUT2D eigenvalue weighted by molar-refractivity contribution is -0.377. The fraction of sp³-hybridized carbons (Fsp3) is 0.307. The third-order valence-corrected chi connectivity index (χ3v) is 15.8. The molecule has 0 aromatic heterocycles. The van der Waals surface area contributed by atoms with Gasteiger partial charge in [-0.1, -0.05) is 140 Å². The summed E-state index contributed by atoms with van der Waals surface area (Å²) in [5, 5.41) is 0. The summed E-state index contributed by atoms with van der Waals surface area (Å²) in [6.45, 7) is 1.37. The van der Waals surface area contributed by atoms with E-state index < -0.39 is 172 Å². The van der Waals surface area contributed by atoms with E-state index in [9.17, 15) is 38.4 Å². The second-order valence-electron chi connectivity index (χ2n) is 23.0. The van der Waals surface area contributed by atoms with E-state index in [4.69, 9.17) is 75.8 Å². The molecular formula is C75H70O26. The second kappa shape index (κ2) is 35.2. The number of benzene rings is 7. The lowest BCUT2D eigenvalue weighted by atomic mass is 9.95. The third-order valence-electron chi connectivity index (χ3n) is 15.8. The molecule has 0 aliphatic carbocycles. The molecule has 526 valence electrons. The van der Waals surface area contributed by atoms with Crippen molar-refractivity contribution in [3.63, 3.8) is 0 Å². The lowest BCUT2D eigenvalue weighted by Gasteiger charge is -2.50. The molecule has 0 amide bonds. The summed E-state index contributed by atoms with van der Waals surface area (Å²) >= 11 is 0. The third kappa shape index (κ3) is 19.7. The largest absolute Gasteiger partial charge is 0.463 e. The van der Waals surface area contributed by atoms with E-state index in [1.54, 1.807) is 115 Å². The van der Waals surface area contributed by atoms with Crippen molar-refractivity contribution in [3.8, 4) is 0 Å². The molecule has 3 aliphatic rings. The van der Waals surface area contributed by atoms with Gasteiger partial charge in [-0.25, -0.2) is 28.8 Å². The first-order chi connectivity index (χ1) is 48.9. The minimum absolute atomic E-state index is 0.0148. The first-order valence-electron chi connectivity index (χ1n) is 31.9. The molecule has 15 atom stereocenters. The molecule has 3 heterocycles. The van der Waals surface area contributed by atoms with Crippen LogP contribution >= 0.6 is 0 Å². The fourth-order valence-corrected chi connectivity index (χ4v) is 11.2. The van der Waals surface area contributed by atoms with E-state index >= 15 is 9.59 Å². The smallest absolute Gasteiger partial charge is 0.338 e. The van der Waals surface area contributed by atoms with Gasteiger partial charge < -0.3 is 75.8 Å². The maximum absolute atomic E-state index is 15.1. The molecule has 0 spiro atoms. The van der Waals surface area contributed by atoms with Gasteiger partial charge in [0.2, 0.25) is 0 Å². The molecule has 7 aromatic rings. The topological polar surface area (TPSA) is 318 Å². The molecule has 0 N–H and O–H groups in total. The van der Waals surface area contributed by atoms with Gasteiger partial charge in [-0.15, -0.1) is 0 Å². The molecule has 0 saturated carbocycles. The van der Waals surface area contributed by atoms with E-state index in [1.165, 1.54) is 97.1 Å². The van der Waals surface area contributed by atoms with Crippen LogP contribution in [0.1, 0.15) is 95.4 Å². The Morgan fingerprint density at radius 2 is 0.525 bits per heavy atom. The van der Waals surface area contributed by atoms with Crippen LogP contribution in [0.4, 0.5) is 0 Å². The summed E-state index contributed by atoms with van der Waals surface area (Å²) in [4.78, 5) is 140. The highest BCUT2D eigenvalue weighted by Crippen LogP contribution is 2.40. The highest BCUT2D eigenvalue weighted by molar-refractivity contribution is 5.92. The second-order valence-corrected chi connectivity index (χ2v) is 23.0. The van der Waals surface area contributed by atoms with Gasteiger partial charge in [0.25, 0.3) is 0 Å². The molecule has 0 unspecified atom stereocenters. The van der Waals surface area contributed by atoms with Crippen LogP contribution in [0.25, 0.3) is 0 Å². The number of esters is 10. The number of ether oxygens (including phenoxy) is 16. The molecule has 10 rings (SSSR count). The van der Waals surface area contributed by atoms with Crippen LogP contribution in [0.5, 0.6) is 0 Å². The molecule has 3 aliphatic heterocycles. The average molecular weight is 1390 g/mol. The minimum atomic E-state index is -2.25. The quantitative estimate of drug-likeness (QED) is 0.0365. The van der Waals surface area contributed by atoms with Gasteiger partial charge in [0, 0.05) is 27.7 Å². The number of hydrogen-bond acceptors (Lipinski definition) is 26. The zero-order chi connectivity index (χ0) is 71.4. The predicted octanol–water partition coefficient (Wildman–Crippen LogP) is 8.12. The Hall–Kier alpha value is -11.0. The van der Waals surface area contributed by atoms with Gasteiger partial charge in [-0.3, -0.25) is 19.2 Å². The summed E-state index contributed by atoms with van der Waals surface area (Å²) in [5.41, 5.74) is 0.470. The Kier molecular flexibility index (Phi) is 25.3. The Labute approximate surface area is 578 Å². The van der Waals surface area contributed by atoms with Gasteiger partial charge in [0.15, 0.2) is 61.6 Å². The first-order valence-corrected chi connectivity index (χ1v) is 31.9. The molecule has 7 aromatic carbocycles. The Morgan fingerprint density at radius 1 is 0.267 bits per heavy atom. The standard InChI is InChI=1S/C75H70O26/c1-44(76)86-41-55-58(90-45(2)77)61(91-46(3)78)65(92-47(4)79)74(94-55)100-60-57(43-88-68(81)50-30-16-7-17-31-50)95-75(66(99-72(85)54-38-24-11-25-39-54)63(60)97-70(83)52-34-20-9-21-35-52)101-59-56(42-87-67(80)49-28-14-6-15-29-49)93-73(89-40-48-26-12-5-13-27-48)64(98-71(84)53-36-22-10-23-37-53)62(59)96-69(82)51-32-18-8-19-33-51/h5-39,55-66,73-75H,40-43H2,1-4H3/t55-,56-,57-,58-,59-,60-,61+,62+,63+,64+,65-,66+,73-,74+,75+/m1/s1. The van der Waals surface area contributed by atoms with E-state index in [0.29, 0.717) is 5.56 Å². The van der Waals surface area contributed by atoms with Crippen LogP contribution in [0, 0.1) is 0 Å². The Morgan fingerprint density at radius 3 is 0.871 bits per heavy atom. The fourth-order valence-electron chi connectivity index (χ4n) is 11.2. The van der Waals surface area contributed by atoms with Crippen LogP contribution in [0.15, 0.2) is 212 Å². The Balaban J connectivity index is 1.18. The average Bonchev–Trinajstić information content (AvgIpc) is 0.759. The van der Waals surface area contributed by atoms with Crippen LogP contribution in [-0.4, -0.2) is 172 Å². The van der Waals surface area contributed by atoms with Gasteiger partial charge >= 0.3 is 59.7 Å². The monoisotopic (exact) mass is 1390 g/mol. The molecule has 3 fully saturated rings. The number of rotatable bonds is 26. The van der Waals surface area contributed by atoms with E-state index in [-0.39, 0.29) is 40.0 Å². The molecular weight excluding hydrogens is 1320 g/mol. The van der Waals surface area contributed by atoms with Gasteiger partial charge in [-0.05, 0) is 78.4 Å². The number of carbonyl (C=O) groups is 10. The highest BCUT2D eigenvalue weighted by atomic mass is 16.8. The van der Waals surface area contributed by atoms with Crippen molar-refractivity contribution in [1.29, 1.82) is 0 Å². The lowest BCUT2D eigenvalue weighted by Crippen LogP contribution is -2.69. The van der Waals surface area contributed by atoms with Crippen molar-refractivity contribution in [2.45, 2.75) is 126 Å². The summed E-state index contributed by atoms with van der Waals surface area (Å²) in [6.07, 6.45) is -29.2. The summed E-state index contributed by atoms with van der Waals surface area (Å²) in [6, 6.07) is 54.4. The van der Waals surface area contributed by atoms with E-state index in [1.807, 2.05) is 0 Å². The predicted molar refractivity (Wildman–Crippen MR) is 346 cm³/mol. The molecule has 26 heteroatoms. The molecule has 0 radical (unpaired) electrons. The highest BCUT2D eigenvalue weighted by Gasteiger charge is 2.61. The van der Waals surface area contributed by atoms with Crippen molar-refractivity contribution in [1.82, 2.24) is 0 Å². The van der Waals surface area contributed by atoms with Crippen molar-refractivity contribution in [2.75, 3.05) is 19.8 Å². The molecule has 26 nitrogen and oxygen atoms in total. The van der Waals surface area contributed by atoms with E-state index in [0.717, 1.165) is 27.7 Å². The van der Waals surface area contributed by atoms with Crippen LogP contribution in [0.3, 0.4) is 0 Å². The number of hydrogen-bond donors (Lipinski definition) is 0. The van der Waals surface area contributed by atoms with Crippen molar-refractivity contribution in [3.05, 3.63) is 251 Å². The van der Waals surface area contributed by atoms with Crippen LogP contribution in [-0.2, 0) is 102 Å².